The summed E-state index contributed by atoms with van der Waals surface area (Å²) in [7, 11) is -10.1. The van der Waals surface area contributed by atoms with E-state index >= 15 is 0 Å². The Kier molecular flexibility index (Phi) is 4.43. The molecule has 3 aromatic rings. The van der Waals surface area contributed by atoms with Crippen LogP contribution < -0.4 is 5.73 Å². The van der Waals surface area contributed by atoms with Gasteiger partial charge in [0.15, 0.2) is 5.65 Å². The van der Waals surface area contributed by atoms with Gasteiger partial charge in [0.2, 0.25) is 0 Å². The standard InChI is InChI=1S/C17H17F7N4OS/c1-17(2,29)7-9-3-4-10(30(20,21,22,23)24)5-11(9)14-12(15(18)19)6-13-26-8-27-28(13)16(14)25/h3-6,8,15,29H,7,25H2,1-2H3. The van der Waals surface area contributed by atoms with Crippen molar-refractivity contribution in [3.63, 3.8) is 0 Å². The third-order valence-electron chi connectivity index (χ3n) is 4.29. The van der Waals surface area contributed by atoms with Crippen LogP contribution in [0.4, 0.5) is 34.0 Å². The predicted molar refractivity (Wildman–Crippen MR) is 99.2 cm³/mol. The van der Waals surface area contributed by atoms with E-state index in [0.29, 0.717) is 0 Å². The Morgan fingerprint density at radius 1 is 1.13 bits per heavy atom. The summed E-state index contributed by atoms with van der Waals surface area (Å²) in [6, 6.07) is 1.84. The molecule has 0 fully saturated rings. The maximum absolute atomic E-state index is 13.8. The van der Waals surface area contributed by atoms with Gasteiger partial charge in [-0.2, -0.15) is 9.61 Å². The predicted octanol–water partition coefficient (Wildman–Crippen LogP) is 5.89. The van der Waals surface area contributed by atoms with E-state index in [1.807, 2.05) is 0 Å². The van der Waals surface area contributed by atoms with Crippen molar-refractivity contribution in [3.05, 3.63) is 41.7 Å². The third kappa shape index (κ3) is 4.31. The molecule has 0 aliphatic carbocycles. The molecule has 0 aliphatic rings. The van der Waals surface area contributed by atoms with Gasteiger partial charge in [-0.05, 0) is 43.2 Å². The van der Waals surface area contributed by atoms with Gasteiger partial charge in [0.1, 0.15) is 17.0 Å². The van der Waals surface area contributed by atoms with Crippen molar-refractivity contribution in [2.24, 2.45) is 0 Å². The van der Waals surface area contributed by atoms with Crippen LogP contribution in [0.15, 0.2) is 35.5 Å². The highest BCUT2D eigenvalue weighted by molar-refractivity contribution is 8.45. The Labute approximate surface area is 166 Å². The van der Waals surface area contributed by atoms with Gasteiger partial charge in [-0.25, -0.2) is 13.8 Å². The molecule has 166 valence electrons. The van der Waals surface area contributed by atoms with E-state index in [-0.39, 0.29) is 29.8 Å². The van der Waals surface area contributed by atoms with Crippen LogP contribution in [0.2, 0.25) is 0 Å². The third-order valence-corrected chi connectivity index (χ3v) is 5.43. The number of hydrogen-bond acceptors (Lipinski definition) is 4. The minimum atomic E-state index is -10.1. The second-order valence-corrected chi connectivity index (χ2v) is 9.88. The molecule has 2 aromatic heterocycles. The molecule has 3 N–H and O–H groups in total. The first-order chi connectivity index (χ1) is 13.4. The molecule has 0 saturated heterocycles. The molecule has 0 aliphatic heterocycles. The van der Waals surface area contributed by atoms with Crippen LogP contribution in [0.3, 0.4) is 0 Å². The number of nitrogens with two attached hydrogens (primary N) is 1. The number of halogens is 7. The van der Waals surface area contributed by atoms with Crippen LogP contribution >= 0.6 is 10.2 Å². The second kappa shape index (κ2) is 6.00. The fourth-order valence-electron chi connectivity index (χ4n) is 3.11. The van der Waals surface area contributed by atoms with Gasteiger partial charge in [-0.15, -0.1) is 0 Å². The Bertz CT molecular complexity index is 1140. The highest BCUT2D eigenvalue weighted by atomic mass is 32.5. The van der Waals surface area contributed by atoms with Crippen LogP contribution in [0.1, 0.15) is 31.4 Å². The largest absolute Gasteiger partial charge is 0.390 e. The first-order valence-corrected chi connectivity index (χ1v) is 10.3. The lowest BCUT2D eigenvalue weighted by Gasteiger charge is -2.41. The summed E-state index contributed by atoms with van der Waals surface area (Å²) in [5.41, 5.74) is 2.24. The Morgan fingerprint density at radius 3 is 2.30 bits per heavy atom. The van der Waals surface area contributed by atoms with E-state index < -0.39 is 49.7 Å². The number of hydrogen-bond donors (Lipinski definition) is 2. The molecule has 0 amide bonds. The van der Waals surface area contributed by atoms with E-state index in [9.17, 15) is 33.3 Å². The highest BCUT2D eigenvalue weighted by Crippen LogP contribution is 3.02. The fraction of sp³-hybridized carbons (Fsp3) is 0.294. The quantitative estimate of drug-likeness (QED) is 0.468. The minimum absolute atomic E-state index is 0.0823. The molecule has 0 saturated carbocycles. The number of aliphatic hydroxyl groups is 1. The summed E-state index contributed by atoms with van der Waals surface area (Å²) in [6.07, 6.45) is -2.53. The summed E-state index contributed by atoms with van der Waals surface area (Å²) in [4.78, 5) is 1.46. The number of fused-ring (bicyclic) bond motifs is 1. The maximum Gasteiger partial charge on any atom is 0.310 e. The Morgan fingerprint density at radius 2 is 1.77 bits per heavy atom. The number of alkyl halides is 2. The van der Waals surface area contributed by atoms with E-state index in [0.717, 1.165) is 23.0 Å². The van der Waals surface area contributed by atoms with Gasteiger partial charge in [0.25, 0.3) is 6.43 Å². The molecule has 0 spiro atoms. The lowest BCUT2D eigenvalue weighted by molar-refractivity contribution is 0.0811. The van der Waals surface area contributed by atoms with E-state index in [1.165, 1.54) is 13.8 Å². The number of nitrogen functional groups attached to an aromatic ring is 1. The summed E-state index contributed by atoms with van der Waals surface area (Å²) in [5, 5.41) is 13.8. The molecule has 0 unspecified atom stereocenters. The molecule has 3 rings (SSSR count). The molecule has 0 radical (unpaired) electrons. The Hall–Kier alpha value is -2.54. The van der Waals surface area contributed by atoms with Crippen molar-refractivity contribution in [2.45, 2.75) is 37.2 Å². The number of pyridine rings is 1. The zero-order valence-corrected chi connectivity index (χ0v) is 16.4. The van der Waals surface area contributed by atoms with Crippen LogP contribution in [-0.2, 0) is 6.42 Å². The van der Waals surface area contributed by atoms with Gasteiger partial charge in [0.05, 0.1) is 5.60 Å². The smallest absolute Gasteiger partial charge is 0.310 e. The van der Waals surface area contributed by atoms with E-state index in [2.05, 4.69) is 10.1 Å². The van der Waals surface area contributed by atoms with Gasteiger partial charge in [-0.1, -0.05) is 25.5 Å². The molecular formula is C17H17F7N4OS. The summed E-state index contributed by atoms with van der Waals surface area (Å²) in [5.74, 6) is -0.503. The molecule has 0 atom stereocenters. The van der Waals surface area contributed by atoms with Crippen molar-refractivity contribution in [3.8, 4) is 11.1 Å². The maximum atomic E-state index is 13.8. The van der Waals surface area contributed by atoms with Crippen molar-refractivity contribution >= 4 is 21.7 Å². The highest BCUT2D eigenvalue weighted by Gasteiger charge is 2.65. The molecule has 1 aromatic carbocycles. The summed E-state index contributed by atoms with van der Waals surface area (Å²) < 4.78 is 95.5. The minimum Gasteiger partial charge on any atom is -0.390 e. The summed E-state index contributed by atoms with van der Waals surface area (Å²) in [6.45, 7) is 2.65. The fourth-order valence-corrected chi connectivity index (χ4v) is 3.78. The van der Waals surface area contributed by atoms with Crippen LogP contribution in [0, 0.1) is 0 Å². The zero-order valence-electron chi connectivity index (χ0n) is 15.6. The van der Waals surface area contributed by atoms with Gasteiger partial charge < -0.3 is 10.8 Å². The van der Waals surface area contributed by atoms with Crippen molar-refractivity contribution < 1.29 is 33.3 Å². The van der Waals surface area contributed by atoms with E-state index in [4.69, 9.17) is 5.73 Å². The Balaban J connectivity index is 2.44. The SMILES string of the molecule is CC(C)(O)Cc1ccc(S(F)(F)(F)(F)F)cc1-c1c(C(F)F)cc2ncnn2c1N. The normalized spacial score (nSPS) is 15.4. The van der Waals surface area contributed by atoms with Crippen LogP contribution in [0.5, 0.6) is 0 Å². The molecule has 2 heterocycles. The molecule has 13 heteroatoms. The van der Waals surface area contributed by atoms with Crippen LogP contribution in [-0.4, -0.2) is 25.3 Å². The number of rotatable bonds is 5. The van der Waals surface area contributed by atoms with Gasteiger partial charge in [0, 0.05) is 17.5 Å². The number of aromatic nitrogens is 3. The molecular weight excluding hydrogens is 441 g/mol. The number of nitrogens with zero attached hydrogens (tertiary/aromatic N) is 3. The van der Waals surface area contributed by atoms with Crippen LogP contribution in [0.25, 0.3) is 16.8 Å². The lowest BCUT2D eigenvalue weighted by Crippen LogP contribution is -2.22. The van der Waals surface area contributed by atoms with Crippen molar-refractivity contribution in [1.29, 1.82) is 0 Å². The second-order valence-electron chi connectivity index (χ2n) is 7.47. The lowest BCUT2D eigenvalue weighted by atomic mass is 9.90. The first kappa shape index (κ1) is 22.2. The van der Waals surface area contributed by atoms with Gasteiger partial charge >= 0.3 is 10.2 Å². The number of anilines is 1. The number of benzene rings is 1. The average Bonchev–Trinajstić information content (AvgIpc) is 3.00. The topological polar surface area (TPSA) is 76.4 Å². The van der Waals surface area contributed by atoms with E-state index in [1.54, 1.807) is 0 Å². The van der Waals surface area contributed by atoms with Gasteiger partial charge in [-0.3, -0.25) is 0 Å². The zero-order chi connectivity index (χ0) is 22.8. The summed E-state index contributed by atoms with van der Waals surface area (Å²) >= 11 is 0. The van der Waals surface area contributed by atoms with Crippen molar-refractivity contribution in [2.75, 3.05) is 5.73 Å². The first-order valence-electron chi connectivity index (χ1n) is 8.37. The molecule has 5 nitrogen and oxygen atoms in total. The monoisotopic (exact) mass is 458 g/mol. The average molecular weight is 458 g/mol. The molecule has 30 heavy (non-hydrogen) atoms. The van der Waals surface area contributed by atoms with Crippen molar-refractivity contribution in [1.82, 2.24) is 14.6 Å². The molecule has 0 bridgehead atoms.